The molecule has 134 valence electrons. The van der Waals surface area contributed by atoms with Gasteiger partial charge in [0.2, 0.25) is 16.0 Å². The molecule has 1 aromatic carbocycles. The molecule has 2 aromatic rings. The average Bonchev–Trinajstić information content (AvgIpc) is 3.16. The number of anilines is 1. The van der Waals surface area contributed by atoms with Gasteiger partial charge in [-0.1, -0.05) is 0 Å². The molecule has 1 aromatic heterocycles. The molecule has 1 saturated heterocycles. The molecule has 0 spiro atoms. The van der Waals surface area contributed by atoms with Crippen LogP contribution in [0.25, 0.3) is 0 Å². The molecule has 0 saturated carbocycles. The van der Waals surface area contributed by atoms with Crippen molar-refractivity contribution in [2.24, 2.45) is 0 Å². The monoisotopic (exact) mass is 385 g/mol. The van der Waals surface area contributed by atoms with Crippen LogP contribution >= 0.6 is 0 Å². The second-order valence-corrected chi connectivity index (χ2v) is 9.48. The first kappa shape index (κ1) is 17.5. The Bertz CT molecular complexity index is 968. The van der Waals surface area contributed by atoms with Crippen LogP contribution in [0.1, 0.15) is 16.8 Å². The lowest BCUT2D eigenvalue weighted by molar-refractivity contribution is 0.102. The number of amides is 1. The Morgan fingerprint density at radius 2 is 1.96 bits per heavy atom. The molecule has 3 N–H and O–H groups in total. The summed E-state index contributed by atoms with van der Waals surface area (Å²) in [5, 5.41) is 8.53. The van der Waals surface area contributed by atoms with E-state index in [1.54, 1.807) is 0 Å². The summed E-state index contributed by atoms with van der Waals surface area (Å²) < 4.78 is 49.8. The number of hydrogen-bond acceptors (Lipinski definition) is 7. The number of sulfone groups is 1. The van der Waals surface area contributed by atoms with Gasteiger partial charge in [0.05, 0.1) is 16.4 Å². The third-order valence-electron chi connectivity index (χ3n) is 3.63. The molecule has 0 bridgehead atoms. The van der Waals surface area contributed by atoms with Gasteiger partial charge in [-0.05, 0) is 30.7 Å². The SMILES string of the molecule is O=C(Nc1ncn[nH]1)c1ccc(S(=O)(=O)NC2CCS(=O)(=O)C2)cc1. The first-order chi connectivity index (χ1) is 11.8. The van der Waals surface area contributed by atoms with Gasteiger partial charge in [-0.3, -0.25) is 10.1 Å². The number of H-pyrrole nitrogens is 1. The van der Waals surface area contributed by atoms with Gasteiger partial charge in [0.15, 0.2) is 9.84 Å². The molecule has 1 fully saturated rings. The average molecular weight is 385 g/mol. The molecule has 1 aliphatic rings. The van der Waals surface area contributed by atoms with E-state index < -0.39 is 31.8 Å². The Morgan fingerprint density at radius 1 is 1.24 bits per heavy atom. The Morgan fingerprint density at radius 3 is 2.52 bits per heavy atom. The van der Waals surface area contributed by atoms with E-state index in [0.717, 1.165) is 0 Å². The van der Waals surface area contributed by atoms with Crippen LogP contribution < -0.4 is 10.0 Å². The predicted molar refractivity (Wildman–Crippen MR) is 88.2 cm³/mol. The number of nitrogens with one attached hydrogen (secondary N) is 3. The molecule has 1 unspecified atom stereocenters. The van der Waals surface area contributed by atoms with E-state index >= 15 is 0 Å². The molecule has 0 aliphatic carbocycles. The predicted octanol–water partition coefficient (Wildman–Crippen LogP) is -0.478. The number of aromatic amines is 1. The van der Waals surface area contributed by atoms with Crippen molar-refractivity contribution in [3.63, 3.8) is 0 Å². The lowest BCUT2D eigenvalue weighted by Gasteiger charge is -2.12. The van der Waals surface area contributed by atoms with Gasteiger partial charge in [-0.25, -0.2) is 26.7 Å². The molecule has 2 heterocycles. The molecule has 25 heavy (non-hydrogen) atoms. The summed E-state index contributed by atoms with van der Waals surface area (Å²) in [6, 6.07) is 4.63. The molecule has 0 radical (unpaired) electrons. The highest BCUT2D eigenvalue weighted by molar-refractivity contribution is 7.92. The van der Waals surface area contributed by atoms with E-state index in [0.29, 0.717) is 0 Å². The number of carbonyl (C=O) groups excluding carboxylic acids is 1. The van der Waals surface area contributed by atoms with Gasteiger partial charge < -0.3 is 0 Å². The largest absolute Gasteiger partial charge is 0.291 e. The topological polar surface area (TPSA) is 151 Å². The molecule has 12 heteroatoms. The highest BCUT2D eigenvalue weighted by Crippen LogP contribution is 2.16. The Kier molecular flexibility index (Phi) is 4.58. The zero-order chi connectivity index (χ0) is 18.1. The minimum absolute atomic E-state index is 0.0269. The molecule has 3 rings (SSSR count). The number of hydrogen-bond donors (Lipinski definition) is 3. The van der Waals surface area contributed by atoms with Crippen molar-refractivity contribution in [2.75, 3.05) is 16.8 Å². The second-order valence-electron chi connectivity index (χ2n) is 5.53. The van der Waals surface area contributed by atoms with E-state index in [2.05, 4.69) is 25.2 Å². The number of benzene rings is 1. The summed E-state index contributed by atoms with van der Waals surface area (Å²) in [6.45, 7) is 0. The van der Waals surface area contributed by atoms with E-state index in [4.69, 9.17) is 0 Å². The van der Waals surface area contributed by atoms with Gasteiger partial charge in [-0.2, -0.15) is 10.1 Å². The smallest absolute Gasteiger partial charge is 0.258 e. The Hall–Kier alpha value is -2.31. The lowest BCUT2D eigenvalue weighted by atomic mass is 10.2. The Balaban J connectivity index is 1.69. The fourth-order valence-corrected chi connectivity index (χ4v) is 5.46. The van der Waals surface area contributed by atoms with Crippen molar-refractivity contribution >= 4 is 31.7 Å². The van der Waals surface area contributed by atoms with Crippen molar-refractivity contribution in [3.05, 3.63) is 36.2 Å². The lowest BCUT2D eigenvalue weighted by Crippen LogP contribution is -2.35. The summed E-state index contributed by atoms with van der Waals surface area (Å²) in [5.41, 5.74) is 0.235. The molecule has 1 aliphatic heterocycles. The van der Waals surface area contributed by atoms with Gasteiger partial charge in [0, 0.05) is 11.6 Å². The minimum atomic E-state index is -3.86. The van der Waals surface area contributed by atoms with E-state index in [1.165, 1.54) is 30.6 Å². The summed E-state index contributed by atoms with van der Waals surface area (Å²) >= 11 is 0. The molecule has 1 amide bonds. The summed E-state index contributed by atoms with van der Waals surface area (Å²) in [7, 11) is -7.05. The second kappa shape index (κ2) is 6.54. The quantitative estimate of drug-likeness (QED) is 0.629. The van der Waals surface area contributed by atoms with Gasteiger partial charge >= 0.3 is 0 Å². The first-order valence-corrected chi connectivity index (χ1v) is 10.6. The molecule has 1 atom stereocenters. The number of nitrogens with zero attached hydrogens (tertiary/aromatic N) is 2. The van der Waals surface area contributed by atoms with E-state index in [-0.39, 0.29) is 34.3 Å². The van der Waals surface area contributed by atoms with Crippen LogP contribution in [0.3, 0.4) is 0 Å². The number of sulfonamides is 1. The minimum Gasteiger partial charge on any atom is -0.291 e. The van der Waals surface area contributed by atoms with Crippen LogP contribution in [0.4, 0.5) is 5.95 Å². The third-order valence-corrected chi connectivity index (χ3v) is 6.93. The van der Waals surface area contributed by atoms with Crippen LogP contribution in [0, 0.1) is 0 Å². The van der Waals surface area contributed by atoms with Gasteiger partial charge in [0.1, 0.15) is 6.33 Å². The molecule has 10 nitrogen and oxygen atoms in total. The summed E-state index contributed by atoms with van der Waals surface area (Å²) in [6.07, 6.45) is 1.49. The maximum atomic E-state index is 12.3. The highest BCUT2D eigenvalue weighted by atomic mass is 32.2. The van der Waals surface area contributed by atoms with Crippen molar-refractivity contribution < 1.29 is 21.6 Å². The third kappa shape index (κ3) is 4.21. The maximum Gasteiger partial charge on any atom is 0.258 e. The van der Waals surface area contributed by atoms with Crippen LogP contribution in [0.5, 0.6) is 0 Å². The van der Waals surface area contributed by atoms with Crippen LogP contribution in [-0.4, -0.2) is 55.5 Å². The van der Waals surface area contributed by atoms with Crippen molar-refractivity contribution in [1.29, 1.82) is 0 Å². The van der Waals surface area contributed by atoms with Gasteiger partial charge in [-0.15, -0.1) is 0 Å². The van der Waals surface area contributed by atoms with Crippen LogP contribution in [0.2, 0.25) is 0 Å². The first-order valence-electron chi connectivity index (χ1n) is 7.25. The normalized spacial score (nSPS) is 19.6. The van der Waals surface area contributed by atoms with Crippen LogP contribution in [-0.2, 0) is 19.9 Å². The summed E-state index contributed by atoms with van der Waals surface area (Å²) in [4.78, 5) is 15.7. The van der Waals surface area contributed by atoms with Crippen LogP contribution in [0.15, 0.2) is 35.5 Å². The van der Waals surface area contributed by atoms with Crippen molar-refractivity contribution in [1.82, 2.24) is 19.9 Å². The maximum absolute atomic E-state index is 12.3. The molecular weight excluding hydrogens is 370 g/mol. The fourth-order valence-electron chi connectivity index (χ4n) is 2.41. The van der Waals surface area contributed by atoms with E-state index in [9.17, 15) is 21.6 Å². The highest BCUT2D eigenvalue weighted by Gasteiger charge is 2.31. The van der Waals surface area contributed by atoms with Gasteiger partial charge in [0.25, 0.3) is 5.91 Å². The van der Waals surface area contributed by atoms with Crippen molar-refractivity contribution in [2.45, 2.75) is 17.4 Å². The number of rotatable bonds is 5. The van der Waals surface area contributed by atoms with Crippen molar-refractivity contribution in [3.8, 4) is 0 Å². The van der Waals surface area contributed by atoms with E-state index in [1.807, 2.05) is 0 Å². The number of carbonyl (C=O) groups is 1. The Labute approximate surface area is 144 Å². The summed E-state index contributed by atoms with van der Waals surface area (Å²) in [5.74, 6) is -0.536. The fraction of sp³-hybridized carbons (Fsp3) is 0.308. The molecular formula is C13H15N5O5S2. The zero-order valence-electron chi connectivity index (χ0n) is 12.8. The standard InChI is InChI=1S/C13H15N5O5S2/c19-12(16-13-14-8-15-17-13)9-1-3-11(4-2-9)25(22,23)18-10-5-6-24(20,21)7-10/h1-4,8,10,18H,5-7H2,(H2,14,15,16,17,19). The zero-order valence-corrected chi connectivity index (χ0v) is 14.5. The number of aromatic nitrogens is 3.